The van der Waals surface area contributed by atoms with Crippen molar-refractivity contribution in [1.29, 1.82) is 0 Å². The first-order chi connectivity index (χ1) is 9.13. The average Bonchev–Trinajstić information content (AvgIpc) is 2.39. The van der Waals surface area contributed by atoms with Gasteiger partial charge in [0.2, 0.25) is 0 Å². The first kappa shape index (κ1) is 15.7. The van der Waals surface area contributed by atoms with Crippen LogP contribution in [-0.2, 0) is 0 Å². The van der Waals surface area contributed by atoms with Gasteiger partial charge in [0.25, 0.3) is 0 Å². The molecule has 5 heteroatoms. The Bertz CT molecular complexity index is 353. The SMILES string of the molecule is CCCCCN(C)c1cc(NCCC(C)N)ncn1. The summed E-state index contributed by atoms with van der Waals surface area (Å²) in [7, 11) is 2.07. The summed E-state index contributed by atoms with van der Waals surface area (Å²) < 4.78 is 0. The summed E-state index contributed by atoms with van der Waals surface area (Å²) in [5.41, 5.74) is 5.72. The highest BCUT2D eigenvalue weighted by molar-refractivity contribution is 5.47. The number of nitrogens with zero attached hydrogens (tertiary/aromatic N) is 3. The molecule has 108 valence electrons. The molecule has 0 aliphatic rings. The van der Waals surface area contributed by atoms with Crippen LogP contribution in [0.4, 0.5) is 11.6 Å². The lowest BCUT2D eigenvalue weighted by molar-refractivity contribution is 0.688. The molecule has 1 rings (SSSR count). The highest BCUT2D eigenvalue weighted by Gasteiger charge is 2.04. The van der Waals surface area contributed by atoms with Gasteiger partial charge in [-0.05, 0) is 19.8 Å². The van der Waals surface area contributed by atoms with Crippen LogP contribution >= 0.6 is 0 Å². The minimum atomic E-state index is 0.213. The molecule has 1 heterocycles. The highest BCUT2D eigenvalue weighted by Crippen LogP contribution is 2.13. The fraction of sp³-hybridized carbons (Fsp3) is 0.714. The third kappa shape index (κ3) is 6.38. The molecule has 1 unspecified atom stereocenters. The molecule has 1 aromatic rings. The first-order valence-corrected chi connectivity index (χ1v) is 7.16. The number of anilines is 2. The van der Waals surface area contributed by atoms with Gasteiger partial charge in [-0.1, -0.05) is 19.8 Å². The molecule has 0 saturated heterocycles. The predicted molar refractivity (Wildman–Crippen MR) is 81.6 cm³/mol. The maximum atomic E-state index is 5.72. The van der Waals surface area contributed by atoms with Gasteiger partial charge in [-0.3, -0.25) is 0 Å². The molecule has 0 aliphatic carbocycles. The van der Waals surface area contributed by atoms with E-state index in [1.807, 2.05) is 13.0 Å². The fourth-order valence-corrected chi connectivity index (χ4v) is 1.79. The topological polar surface area (TPSA) is 67.1 Å². The van der Waals surface area contributed by atoms with Gasteiger partial charge >= 0.3 is 0 Å². The Kier molecular flexibility index (Phi) is 7.18. The summed E-state index contributed by atoms with van der Waals surface area (Å²) in [5, 5.41) is 3.28. The fourth-order valence-electron chi connectivity index (χ4n) is 1.79. The van der Waals surface area contributed by atoms with E-state index in [1.165, 1.54) is 19.3 Å². The molecule has 0 spiro atoms. The number of nitrogens with two attached hydrogens (primary N) is 1. The Morgan fingerprint density at radius 1 is 1.37 bits per heavy atom. The van der Waals surface area contributed by atoms with Crippen molar-refractivity contribution in [3.63, 3.8) is 0 Å². The molecule has 1 aromatic heterocycles. The number of hydrogen-bond donors (Lipinski definition) is 2. The second-order valence-corrected chi connectivity index (χ2v) is 5.08. The molecule has 1 atom stereocenters. The van der Waals surface area contributed by atoms with Gasteiger partial charge in [0.1, 0.15) is 18.0 Å². The van der Waals surface area contributed by atoms with Crippen LogP contribution in [-0.4, -0.2) is 36.1 Å². The molecule has 0 saturated carbocycles. The molecule has 5 nitrogen and oxygen atoms in total. The van der Waals surface area contributed by atoms with Crippen molar-refractivity contribution in [2.45, 2.75) is 45.6 Å². The van der Waals surface area contributed by atoms with Gasteiger partial charge in [0, 0.05) is 32.2 Å². The summed E-state index contributed by atoms with van der Waals surface area (Å²) in [6.45, 7) is 6.09. The second kappa shape index (κ2) is 8.69. The second-order valence-electron chi connectivity index (χ2n) is 5.08. The van der Waals surface area contributed by atoms with Crippen molar-refractivity contribution in [3.05, 3.63) is 12.4 Å². The molecule has 19 heavy (non-hydrogen) atoms. The summed E-state index contributed by atoms with van der Waals surface area (Å²) >= 11 is 0. The zero-order valence-corrected chi connectivity index (χ0v) is 12.4. The lowest BCUT2D eigenvalue weighted by Crippen LogP contribution is -2.21. The number of unbranched alkanes of at least 4 members (excludes halogenated alkanes) is 2. The maximum Gasteiger partial charge on any atom is 0.133 e. The van der Waals surface area contributed by atoms with Gasteiger partial charge in [0.05, 0.1) is 0 Å². The Labute approximate surface area is 116 Å². The van der Waals surface area contributed by atoms with Crippen LogP contribution in [0, 0.1) is 0 Å². The van der Waals surface area contributed by atoms with Crippen molar-refractivity contribution in [2.24, 2.45) is 5.73 Å². The minimum Gasteiger partial charge on any atom is -0.370 e. The van der Waals surface area contributed by atoms with Gasteiger partial charge in [-0.25, -0.2) is 9.97 Å². The van der Waals surface area contributed by atoms with E-state index in [9.17, 15) is 0 Å². The van der Waals surface area contributed by atoms with E-state index in [0.717, 1.165) is 31.1 Å². The largest absolute Gasteiger partial charge is 0.370 e. The highest BCUT2D eigenvalue weighted by atomic mass is 15.2. The van der Waals surface area contributed by atoms with Crippen molar-refractivity contribution >= 4 is 11.6 Å². The Morgan fingerprint density at radius 2 is 2.16 bits per heavy atom. The van der Waals surface area contributed by atoms with E-state index < -0.39 is 0 Å². The third-order valence-corrected chi connectivity index (χ3v) is 3.05. The molecular formula is C14H27N5. The zero-order valence-electron chi connectivity index (χ0n) is 12.4. The number of nitrogens with one attached hydrogen (secondary N) is 1. The van der Waals surface area contributed by atoms with Crippen molar-refractivity contribution in [1.82, 2.24) is 9.97 Å². The number of rotatable bonds is 9. The number of aromatic nitrogens is 2. The number of hydrogen-bond acceptors (Lipinski definition) is 5. The minimum absolute atomic E-state index is 0.213. The molecule has 0 fully saturated rings. The molecule has 3 N–H and O–H groups in total. The van der Waals surface area contributed by atoms with Crippen LogP contribution in [0.3, 0.4) is 0 Å². The Balaban J connectivity index is 2.46. The normalized spacial score (nSPS) is 12.2. The molecule has 0 aliphatic heterocycles. The summed E-state index contributed by atoms with van der Waals surface area (Å²) in [5.74, 6) is 1.84. The van der Waals surface area contributed by atoms with Crippen LogP contribution in [0.5, 0.6) is 0 Å². The van der Waals surface area contributed by atoms with Crippen molar-refractivity contribution < 1.29 is 0 Å². The van der Waals surface area contributed by atoms with Crippen LogP contribution in [0.15, 0.2) is 12.4 Å². The maximum absolute atomic E-state index is 5.72. The molecule has 0 amide bonds. The first-order valence-electron chi connectivity index (χ1n) is 7.16. The lowest BCUT2D eigenvalue weighted by Gasteiger charge is -2.18. The van der Waals surface area contributed by atoms with E-state index >= 15 is 0 Å². The van der Waals surface area contributed by atoms with E-state index in [-0.39, 0.29) is 6.04 Å². The van der Waals surface area contributed by atoms with Crippen molar-refractivity contribution in [2.75, 3.05) is 30.4 Å². The third-order valence-electron chi connectivity index (χ3n) is 3.05. The van der Waals surface area contributed by atoms with Crippen LogP contribution in [0.2, 0.25) is 0 Å². The average molecular weight is 265 g/mol. The van der Waals surface area contributed by atoms with Crippen molar-refractivity contribution in [3.8, 4) is 0 Å². The molecular weight excluding hydrogens is 238 g/mol. The van der Waals surface area contributed by atoms with Gasteiger partial charge in [0.15, 0.2) is 0 Å². The van der Waals surface area contributed by atoms with E-state index in [2.05, 4.69) is 34.2 Å². The zero-order chi connectivity index (χ0) is 14.1. The quantitative estimate of drug-likeness (QED) is 0.670. The van der Waals surface area contributed by atoms with Gasteiger partial charge < -0.3 is 16.0 Å². The molecule has 0 aromatic carbocycles. The predicted octanol–water partition coefficient (Wildman–Crippen LogP) is 2.25. The molecule has 0 bridgehead atoms. The lowest BCUT2D eigenvalue weighted by atomic mass is 10.2. The standard InChI is InChI=1S/C14H27N5/c1-4-5-6-9-19(3)14-10-13(17-11-18-14)16-8-7-12(2)15/h10-12H,4-9,15H2,1-3H3,(H,16,17,18). The summed E-state index contributed by atoms with van der Waals surface area (Å²) in [6, 6.07) is 2.21. The van der Waals surface area contributed by atoms with Crippen LogP contribution < -0.4 is 16.0 Å². The van der Waals surface area contributed by atoms with E-state index in [4.69, 9.17) is 5.73 Å². The Morgan fingerprint density at radius 3 is 2.84 bits per heavy atom. The van der Waals surface area contributed by atoms with Gasteiger partial charge in [-0.15, -0.1) is 0 Å². The smallest absolute Gasteiger partial charge is 0.133 e. The summed E-state index contributed by atoms with van der Waals surface area (Å²) in [4.78, 5) is 10.7. The van der Waals surface area contributed by atoms with Crippen LogP contribution in [0.1, 0.15) is 39.5 Å². The van der Waals surface area contributed by atoms with E-state index in [0.29, 0.717) is 0 Å². The molecule has 0 radical (unpaired) electrons. The monoisotopic (exact) mass is 265 g/mol. The van der Waals surface area contributed by atoms with E-state index in [1.54, 1.807) is 6.33 Å². The van der Waals surface area contributed by atoms with Crippen LogP contribution in [0.25, 0.3) is 0 Å². The van der Waals surface area contributed by atoms with Gasteiger partial charge in [-0.2, -0.15) is 0 Å². The summed E-state index contributed by atoms with van der Waals surface area (Å²) in [6.07, 6.45) is 6.24. The Hall–Kier alpha value is -1.36.